The highest BCUT2D eigenvalue weighted by Gasteiger charge is 2.12. The minimum atomic E-state index is -0.204. The summed E-state index contributed by atoms with van der Waals surface area (Å²) in [6, 6.07) is 14.8. The van der Waals surface area contributed by atoms with E-state index in [9.17, 15) is 4.79 Å². The van der Waals surface area contributed by atoms with Gasteiger partial charge < -0.3 is 9.82 Å². The standard InChI is InChI=1S/C22H24N2O2/c25-22(11-9-16-8-10-17-4-3-5-18(17)14-16)26-24-13-12-19-15-23-21-7-2-1-6-20(19)21/h1-2,6-8,10,14-15,23-24H,3-5,9,11-13H2. The first-order valence-corrected chi connectivity index (χ1v) is 9.38. The van der Waals surface area contributed by atoms with Crippen LogP contribution in [0.5, 0.6) is 0 Å². The van der Waals surface area contributed by atoms with Gasteiger partial charge in [-0.25, -0.2) is 0 Å². The van der Waals surface area contributed by atoms with Crippen LogP contribution in [0.25, 0.3) is 10.9 Å². The van der Waals surface area contributed by atoms with Crippen LogP contribution in [0.3, 0.4) is 0 Å². The Balaban J connectivity index is 1.20. The molecule has 26 heavy (non-hydrogen) atoms. The number of aromatic nitrogens is 1. The zero-order valence-corrected chi connectivity index (χ0v) is 14.9. The molecule has 0 fully saturated rings. The van der Waals surface area contributed by atoms with Crippen LogP contribution in [0.1, 0.15) is 35.1 Å². The zero-order chi connectivity index (χ0) is 17.8. The lowest BCUT2D eigenvalue weighted by atomic mass is 10.0. The van der Waals surface area contributed by atoms with Crippen molar-refractivity contribution in [1.82, 2.24) is 10.5 Å². The topological polar surface area (TPSA) is 54.1 Å². The smallest absolute Gasteiger partial charge is 0.325 e. The first kappa shape index (κ1) is 16.9. The van der Waals surface area contributed by atoms with Crippen LogP contribution in [-0.2, 0) is 35.3 Å². The lowest BCUT2D eigenvalue weighted by Gasteiger charge is -2.07. The summed E-state index contributed by atoms with van der Waals surface area (Å²) in [5, 5.41) is 1.22. The molecule has 1 aliphatic carbocycles. The molecule has 1 aromatic heterocycles. The lowest BCUT2D eigenvalue weighted by molar-refractivity contribution is -0.151. The van der Waals surface area contributed by atoms with E-state index < -0.39 is 0 Å². The summed E-state index contributed by atoms with van der Waals surface area (Å²) < 4.78 is 0. The van der Waals surface area contributed by atoms with Gasteiger partial charge in [-0.05, 0) is 60.4 Å². The summed E-state index contributed by atoms with van der Waals surface area (Å²) in [5.74, 6) is -0.204. The van der Waals surface area contributed by atoms with Gasteiger partial charge in [0.1, 0.15) is 0 Å². The number of hydrogen-bond donors (Lipinski definition) is 2. The fourth-order valence-electron chi connectivity index (χ4n) is 3.73. The van der Waals surface area contributed by atoms with Crippen LogP contribution in [-0.4, -0.2) is 17.5 Å². The van der Waals surface area contributed by atoms with E-state index >= 15 is 0 Å². The molecular weight excluding hydrogens is 324 g/mol. The van der Waals surface area contributed by atoms with Gasteiger partial charge in [-0.3, -0.25) is 4.79 Å². The number of H-pyrrole nitrogens is 1. The Kier molecular flexibility index (Phi) is 5.02. The first-order valence-electron chi connectivity index (χ1n) is 9.38. The SMILES string of the molecule is O=C(CCc1ccc2c(c1)CCC2)ONCCc1c[nH]c2ccccc12. The van der Waals surface area contributed by atoms with E-state index in [1.54, 1.807) is 0 Å². The van der Waals surface area contributed by atoms with E-state index in [0.717, 1.165) is 18.4 Å². The molecular formula is C22H24N2O2. The summed E-state index contributed by atoms with van der Waals surface area (Å²) in [4.78, 5) is 20.4. The van der Waals surface area contributed by atoms with Crippen LogP contribution in [0, 0.1) is 0 Å². The van der Waals surface area contributed by atoms with Crippen molar-refractivity contribution in [3.05, 3.63) is 70.9 Å². The van der Waals surface area contributed by atoms with Crippen LogP contribution in [0.15, 0.2) is 48.7 Å². The molecule has 0 aliphatic heterocycles. The Bertz CT molecular complexity index is 913. The van der Waals surface area contributed by atoms with Crippen molar-refractivity contribution in [3.63, 3.8) is 0 Å². The zero-order valence-electron chi connectivity index (χ0n) is 14.9. The van der Waals surface area contributed by atoms with E-state index in [2.05, 4.69) is 40.8 Å². The second-order valence-electron chi connectivity index (χ2n) is 6.93. The number of fused-ring (bicyclic) bond motifs is 2. The van der Waals surface area contributed by atoms with Gasteiger partial charge in [-0.1, -0.05) is 36.4 Å². The third-order valence-electron chi connectivity index (χ3n) is 5.14. The van der Waals surface area contributed by atoms with Crippen molar-refractivity contribution in [2.24, 2.45) is 0 Å². The second kappa shape index (κ2) is 7.75. The highest BCUT2D eigenvalue weighted by molar-refractivity contribution is 5.83. The normalized spacial score (nSPS) is 13.1. The summed E-state index contributed by atoms with van der Waals surface area (Å²) >= 11 is 0. The summed E-state index contributed by atoms with van der Waals surface area (Å²) in [6.07, 6.45) is 7.57. The Morgan fingerprint density at radius 1 is 1.08 bits per heavy atom. The number of carbonyl (C=O) groups excluding carboxylic acids is 1. The molecule has 4 rings (SSSR count). The maximum atomic E-state index is 11.9. The van der Waals surface area contributed by atoms with Gasteiger partial charge >= 0.3 is 5.97 Å². The largest absolute Gasteiger partial charge is 0.371 e. The molecule has 134 valence electrons. The van der Waals surface area contributed by atoms with Gasteiger partial charge in [0.05, 0.1) is 6.42 Å². The number of nitrogens with one attached hydrogen (secondary N) is 2. The van der Waals surface area contributed by atoms with Crippen molar-refractivity contribution in [3.8, 4) is 0 Å². The molecule has 4 nitrogen and oxygen atoms in total. The average molecular weight is 348 g/mol. The van der Waals surface area contributed by atoms with Crippen LogP contribution >= 0.6 is 0 Å². The van der Waals surface area contributed by atoms with Crippen molar-refractivity contribution in [2.45, 2.75) is 38.5 Å². The first-order chi connectivity index (χ1) is 12.8. The average Bonchev–Trinajstić information content (AvgIpc) is 3.30. The van der Waals surface area contributed by atoms with Crippen molar-refractivity contribution >= 4 is 16.9 Å². The van der Waals surface area contributed by atoms with E-state index in [1.165, 1.54) is 46.9 Å². The molecule has 0 spiro atoms. The Hall–Kier alpha value is -2.59. The van der Waals surface area contributed by atoms with Gasteiger partial charge in [0.15, 0.2) is 0 Å². The van der Waals surface area contributed by atoms with Crippen LogP contribution < -0.4 is 5.48 Å². The van der Waals surface area contributed by atoms with Crippen LogP contribution in [0.2, 0.25) is 0 Å². The number of carbonyl (C=O) groups is 1. The van der Waals surface area contributed by atoms with E-state index in [0.29, 0.717) is 13.0 Å². The van der Waals surface area contributed by atoms with Crippen molar-refractivity contribution in [1.29, 1.82) is 0 Å². The summed E-state index contributed by atoms with van der Waals surface area (Å²) in [6.45, 7) is 0.604. The Labute approximate surface area is 153 Å². The lowest BCUT2D eigenvalue weighted by Crippen LogP contribution is -2.22. The van der Waals surface area contributed by atoms with Crippen molar-refractivity contribution < 1.29 is 9.63 Å². The number of hydroxylamine groups is 1. The minimum absolute atomic E-state index is 0.204. The van der Waals surface area contributed by atoms with E-state index in [1.807, 2.05) is 18.3 Å². The molecule has 1 heterocycles. The molecule has 0 saturated heterocycles. The number of aromatic amines is 1. The molecule has 0 amide bonds. The van der Waals surface area contributed by atoms with Gasteiger partial charge in [0.25, 0.3) is 0 Å². The second-order valence-corrected chi connectivity index (χ2v) is 6.93. The highest BCUT2D eigenvalue weighted by Crippen LogP contribution is 2.23. The van der Waals surface area contributed by atoms with Gasteiger partial charge in [-0.2, -0.15) is 5.48 Å². The van der Waals surface area contributed by atoms with Gasteiger partial charge in [0.2, 0.25) is 0 Å². The Morgan fingerprint density at radius 3 is 2.92 bits per heavy atom. The molecule has 0 unspecified atom stereocenters. The number of para-hydroxylation sites is 1. The van der Waals surface area contributed by atoms with Crippen LogP contribution in [0.4, 0.5) is 0 Å². The fraction of sp³-hybridized carbons (Fsp3) is 0.318. The number of benzene rings is 2. The molecule has 4 heteroatoms. The summed E-state index contributed by atoms with van der Waals surface area (Å²) in [5.41, 5.74) is 9.30. The fourth-order valence-corrected chi connectivity index (χ4v) is 3.73. The molecule has 0 saturated carbocycles. The molecule has 0 atom stereocenters. The summed E-state index contributed by atoms with van der Waals surface area (Å²) in [7, 11) is 0. The maximum Gasteiger partial charge on any atom is 0.325 e. The number of hydrogen-bond acceptors (Lipinski definition) is 3. The van der Waals surface area contributed by atoms with Gasteiger partial charge in [-0.15, -0.1) is 0 Å². The molecule has 1 aliphatic rings. The van der Waals surface area contributed by atoms with E-state index in [-0.39, 0.29) is 5.97 Å². The third-order valence-corrected chi connectivity index (χ3v) is 5.14. The monoisotopic (exact) mass is 348 g/mol. The van der Waals surface area contributed by atoms with Gasteiger partial charge in [0, 0.05) is 23.6 Å². The minimum Gasteiger partial charge on any atom is -0.371 e. The number of aryl methyl sites for hydroxylation is 3. The molecule has 0 bridgehead atoms. The van der Waals surface area contributed by atoms with Crippen molar-refractivity contribution in [2.75, 3.05) is 6.54 Å². The molecule has 0 radical (unpaired) electrons. The molecule has 2 N–H and O–H groups in total. The number of rotatable bonds is 7. The predicted octanol–water partition coefficient (Wildman–Crippen LogP) is 3.88. The Morgan fingerprint density at radius 2 is 1.96 bits per heavy atom. The quantitative estimate of drug-likeness (QED) is 0.503. The van der Waals surface area contributed by atoms with E-state index in [4.69, 9.17) is 4.84 Å². The highest BCUT2D eigenvalue weighted by atomic mass is 16.7. The predicted molar refractivity (Wildman–Crippen MR) is 103 cm³/mol. The molecule has 2 aromatic carbocycles. The molecule has 3 aromatic rings. The maximum absolute atomic E-state index is 11.9. The third kappa shape index (κ3) is 3.81.